The molecule has 0 bridgehead atoms. The number of hydrogen-bond donors (Lipinski definition) is 2. The molecule has 28 heavy (non-hydrogen) atoms. The van der Waals surface area contributed by atoms with Crippen molar-refractivity contribution in [1.29, 1.82) is 0 Å². The Labute approximate surface area is 162 Å². The molecule has 0 radical (unpaired) electrons. The number of carbonyl (C=O) groups excluding carboxylic acids is 2. The second kappa shape index (κ2) is 8.30. The molecular formula is C21H20N4O3. The highest BCUT2D eigenvalue weighted by molar-refractivity contribution is 6.07. The van der Waals surface area contributed by atoms with E-state index in [2.05, 4.69) is 20.8 Å². The first kappa shape index (κ1) is 19.0. The average molecular weight is 376 g/mol. The van der Waals surface area contributed by atoms with Crippen LogP contribution in [-0.4, -0.2) is 29.2 Å². The maximum absolute atomic E-state index is 12.5. The number of anilines is 3. The van der Waals surface area contributed by atoms with Gasteiger partial charge in [0.15, 0.2) is 11.5 Å². The van der Waals surface area contributed by atoms with Crippen LogP contribution in [0.5, 0.6) is 0 Å². The third-order valence-electron chi connectivity index (χ3n) is 4.13. The lowest BCUT2D eigenvalue weighted by Crippen LogP contribution is -2.17. The Morgan fingerprint density at radius 3 is 2.43 bits per heavy atom. The van der Waals surface area contributed by atoms with E-state index < -0.39 is 11.9 Å². The largest absolute Gasteiger partial charge is 0.465 e. The first-order chi connectivity index (χ1) is 13.5. The zero-order valence-electron chi connectivity index (χ0n) is 15.8. The summed E-state index contributed by atoms with van der Waals surface area (Å²) in [5.41, 5.74) is 3.87. The monoisotopic (exact) mass is 376 g/mol. The Balaban J connectivity index is 1.74. The fourth-order valence-corrected chi connectivity index (χ4v) is 2.59. The van der Waals surface area contributed by atoms with Crippen LogP contribution in [0.4, 0.5) is 17.2 Å². The lowest BCUT2D eigenvalue weighted by atomic mass is 10.1. The Bertz CT molecular complexity index is 1020. The number of hydrogen-bond acceptors (Lipinski definition) is 6. The van der Waals surface area contributed by atoms with E-state index in [9.17, 15) is 9.59 Å². The smallest absolute Gasteiger partial charge is 0.339 e. The summed E-state index contributed by atoms with van der Waals surface area (Å²) >= 11 is 0. The highest BCUT2D eigenvalue weighted by Gasteiger charge is 2.15. The number of amides is 1. The normalized spacial score (nSPS) is 10.2. The van der Waals surface area contributed by atoms with Gasteiger partial charge in [-0.2, -0.15) is 0 Å². The van der Waals surface area contributed by atoms with Crippen LogP contribution in [0, 0.1) is 13.8 Å². The van der Waals surface area contributed by atoms with Gasteiger partial charge in [-0.25, -0.2) is 4.79 Å². The van der Waals surface area contributed by atoms with Gasteiger partial charge in [-0.15, -0.1) is 10.2 Å². The van der Waals surface area contributed by atoms with Gasteiger partial charge in [0.05, 0.1) is 18.4 Å². The molecule has 0 spiro atoms. The quantitative estimate of drug-likeness (QED) is 0.657. The maximum Gasteiger partial charge on any atom is 0.339 e. The lowest BCUT2D eigenvalue weighted by Gasteiger charge is -2.10. The molecule has 0 saturated heterocycles. The van der Waals surface area contributed by atoms with E-state index in [0.29, 0.717) is 11.5 Å². The molecule has 7 nitrogen and oxygen atoms in total. The molecule has 0 unspecified atom stereocenters. The minimum atomic E-state index is -0.532. The molecule has 142 valence electrons. The van der Waals surface area contributed by atoms with Crippen molar-refractivity contribution >= 4 is 29.1 Å². The second-order valence-electron chi connectivity index (χ2n) is 6.24. The molecule has 7 heteroatoms. The summed E-state index contributed by atoms with van der Waals surface area (Å²) in [7, 11) is 1.29. The SMILES string of the molecule is COC(=O)c1ccccc1NC(=O)c1ccc(Nc2cc(C)ccc2C)nn1. The topological polar surface area (TPSA) is 93.2 Å². The van der Waals surface area contributed by atoms with Gasteiger partial charge >= 0.3 is 5.97 Å². The van der Waals surface area contributed by atoms with E-state index >= 15 is 0 Å². The van der Waals surface area contributed by atoms with Gasteiger partial charge < -0.3 is 15.4 Å². The number of aromatic nitrogens is 2. The van der Waals surface area contributed by atoms with Gasteiger partial charge in [0, 0.05) is 5.69 Å². The number of benzene rings is 2. The number of esters is 1. The van der Waals surface area contributed by atoms with Gasteiger partial charge in [-0.3, -0.25) is 4.79 Å². The second-order valence-corrected chi connectivity index (χ2v) is 6.24. The van der Waals surface area contributed by atoms with E-state index in [1.807, 2.05) is 32.0 Å². The van der Waals surface area contributed by atoms with Crippen LogP contribution in [0.15, 0.2) is 54.6 Å². The summed E-state index contributed by atoms with van der Waals surface area (Å²) < 4.78 is 4.73. The van der Waals surface area contributed by atoms with Crippen LogP contribution in [0.1, 0.15) is 32.0 Å². The van der Waals surface area contributed by atoms with Crippen molar-refractivity contribution in [2.45, 2.75) is 13.8 Å². The summed E-state index contributed by atoms with van der Waals surface area (Å²) in [6, 6.07) is 15.9. The molecule has 0 saturated carbocycles. The van der Waals surface area contributed by atoms with Crippen LogP contribution in [0.2, 0.25) is 0 Å². The highest BCUT2D eigenvalue weighted by Crippen LogP contribution is 2.21. The number of carbonyl (C=O) groups is 2. The molecule has 2 N–H and O–H groups in total. The molecule has 0 aliphatic heterocycles. The van der Waals surface area contributed by atoms with Crippen LogP contribution in [-0.2, 0) is 4.74 Å². The number of para-hydroxylation sites is 1. The predicted octanol–water partition coefficient (Wildman–Crippen LogP) is 3.88. The molecular weight excluding hydrogens is 356 g/mol. The minimum absolute atomic E-state index is 0.131. The third-order valence-corrected chi connectivity index (χ3v) is 4.13. The van der Waals surface area contributed by atoms with Crippen molar-refractivity contribution in [2.75, 3.05) is 17.7 Å². The van der Waals surface area contributed by atoms with Gasteiger partial charge in [-0.05, 0) is 55.3 Å². The van der Waals surface area contributed by atoms with Crippen molar-refractivity contribution < 1.29 is 14.3 Å². The fraction of sp³-hybridized carbons (Fsp3) is 0.143. The number of aryl methyl sites for hydroxylation is 2. The number of nitrogens with zero attached hydrogens (tertiary/aromatic N) is 2. The molecule has 0 fully saturated rings. The summed E-state index contributed by atoms with van der Waals surface area (Å²) in [4.78, 5) is 24.3. The molecule has 1 heterocycles. The Hall–Kier alpha value is -3.74. The molecule has 0 aliphatic carbocycles. The zero-order valence-corrected chi connectivity index (χ0v) is 15.8. The van der Waals surface area contributed by atoms with Crippen molar-refractivity contribution in [2.24, 2.45) is 0 Å². The lowest BCUT2D eigenvalue weighted by molar-refractivity contribution is 0.0602. The Kier molecular flexibility index (Phi) is 5.64. The molecule has 3 aromatic rings. The number of methoxy groups -OCH3 is 1. The number of nitrogens with one attached hydrogen (secondary N) is 2. The third kappa shape index (κ3) is 4.32. The van der Waals surface area contributed by atoms with E-state index in [0.717, 1.165) is 16.8 Å². The zero-order chi connectivity index (χ0) is 20.1. The maximum atomic E-state index is 12.5. The van der Waals surface area contributed by atoms with E-state index in [4.69, 9.17) is 4.74 Å². The average Bonchev–Trinajstić information content (AvgIpc) is 2.71. The standard InChI is InChI=1S/C21H20N4O3/c1-13-8-9-14(2)18(12-13)22-19-11-10-17(24-25-19)20(26)23-16-7-5-4-6-15(16)21(27)28-3/h4-12H,1-3H3,(H,22,25)(H,23,26). The van der Waals surface area contributed by atoms with Gasteiger partial charge in [0.25, 0.3) is 5.91 Å². The van der Waals surface area contributed by atoms with Crippen LogP contribution >= 0.6 is 0 Å². The van der Waals surface area contributed by atoms with Crippen molar-refractivity contribution in [3.63, 3.8) is 0 Å². The summed E-state index contributed by atoms with van der Waals surface area (Å²) in [5.74, 6) is -0.475. The molecule has 0 aliphatic rings. The molecule has 2 aromatic carbocycles. The fourth-order valence-electron chi connectivity index (χ4n) is 2.59. The Morgan fingerprint density at radius 2 is 1.71 bits per heavy atom. The highest BCUT2D eigenvalue weighted by atomic mass is 16.5. The van der Waals surface area contributed by atoms with Crippen LogP contribution in [0.25, 0.3) is 0 Å². The van der Waals surface area contributed by atoms with Gasteiger partial charge in [0.1, 0.15) is 0 Å². The number of rotatable bonds is 5. The van der Waals surface area contributed by atoms with E-state index in [1.54, 1.807) is 36.4 Å². The number of ether oxygens (including phenoxy) is 1. The molecule has 0 atom stereocenters. The first-order valence-electron chi connectivity index (χ1n) is 8.64. The van der Waals surface area contributed by atoms with E-state index in [-0.39, 0.29) is 11.3 Å². The Morgan fingerprint density at radius 1 is 0.929 bits per heavy atom. The van der Waals surface area contributed by atoms with Gasteiger partial charge in [0.2, 0.25) is 0 Å². The molecule has 3 rings (SSSR count). The minimum Gasteiger partial charge on any atom is -0.465 e. The summed E-state index contributed by atoms with van der Waals surface area (Å²) in [6.45, 7) is 4.01. The van der Waals surface area contributed by atoms with Crippen molar-refractivity contribution in [1.82, 2.24) is 10.2 Å². The van der Waals surface area contributed by atoms with Crippen molar-refractivity contribution in [3.8, 4) is 0 Å². The van der Waals surface area contributed by atoms with E-state index in [1.165, 1.54) is 7.11 Å². The molecule has 1 amide bonds. The van der Waals surface area contributed by atoms with Gasteiger partial charge in [-0.1, -0.05) is 24.3 Å². The summed E-state index contributed by atoms with van der Waals surface area (Å²) in [5, 5.41) is 13.9. The first-order valence-corrected chi connectivity index (χ1v) is 8.64. The predicted molar refractivity (Wildman–Crippen MR) is 107 cm³/mol. The molecule has 1 aromatic heterocycles. The summed E-state index contributed by atoms with van der Waals surface area (Å²) in [6.07, 6.45) is 0. The van der Waals surface area contributed by atoms with Crippen LogP contribution < -0.4 is 10.6 Å². The van der Waals surface area contributed by atoms with Crippen LogP contribution in [0.3, 0.4) is 0 Å². The van der Waals surface area contributed by atoms with Crippen molar-refractivity contribution in [3.05, 3.63) is 77.0 Å².